The maximum Gasteiger partial charge on any atom is 0.338 e. The van der Waals surface area contributed by atoms with Crippen molar-refractivity contribution in [3.63, 3.8) is 0 Å². The first-order chi connectivity index (χ1) is 21.1. The van der Waals surface area contributed by atoms with Crippen LogP contribution < -0.4 is 0 Å². The number of benzene rings is 2. The SMILES string of the molecule is CC(C)(C)OC(=O)c1ccc2nc(CN3CC=C(c4cccc(CCc5ccc(Cl)cc5F)n4)CC3)n(C[C@@H]3CCO3)c2c1. The molecule has 0 bridgehead atoms. The Morgan fingerprint density at radius 2 is 1.95 bits per heavy atom. The number of fused-ring (bicyclic) bond motifs is 1. The second-order valence-electron chi connectivity index (χ2n) is 12.6. The van der Waals surface area contributed by atoms with Crippen molar-refractivity contribution in [1.82, 2.24) is 19.4 Å². The summed E-state index contributed by atoms with van der Waals surface area (Å²) in [6.45, 7) is 9.44. The average molecular weight is 617 g/mol. The molecule has 44 heavy (non-hydrogen) atoms. The minimum atomic E-state index is -0.564. The molecule has 1 fully saturated rings. The third-order valence-corrected chi connectivity index (χ3v) is 8.34. The second-order valence-corrected chi connectivity index (χ2v) is 13.0. The lowest BCUT2D eigenvalue weighted by Gasteiger charge is -2.29. The van der Waals surface area contributed by atoms with E-state index in [-0.39, 0.29) is 17.9 Å². The third-order valence-electron chi connectivity index (χ3n) is 8.10. The monoisotopic (exact) mass is 616 g/mol. The number of imidazole rings is 1. The van der Waals surface area contributed by atoms with Crippen molar-refractivity contribution < 1.29 is 18.7 Å². The number of halogens is 2. The number of carbonyl (C=O) groups excluding carboxylic acids is 1. The Labute approximate surface area is 262 Å². The van der Waals surface area contributed by atoms with E-state index in [0.717, 1.165) is 60.8 Å². The summed E-state index contributed by atoms with van der Waals surface area (Å²) in [7, 11) is 0. The summed E-state index contributed by atoms with van der Waals surface area (Å²) < 4.78 is 27.8. The second kappa shape index (κ2) is 12.8. The van der Waals surface area contributed by atoms with Crippen molar-refractivity contribution in [1.29, 1.82) is 0 Å². The van der Waals surface area contributed by atoms with E-state index in [1.54, 1.807) is 18.2 Å². The summed E-state index contributed by atoms with van der Waals surface area (Å²) in [5.41, 5.74) is 5.52. The van der Waals surface area contributed by atoms with E-state index < -0.39 is 5.60 Å². The Balaban J connectivity index is 1.15. The fourth-order valence-corrected chi connectivity index (χ4v) is 5.82. The lowest BCUT2D eigenvalue weighted by atomic mass is 10.0. The van der Waals surface area contributed by atoms with Crippen LogP contribution in [0.15, 0.2) is 60.7 Å². The molecule has 7 nitrogen and oxygen atoms in total. The maximum atomic E-state index is 14.2. The molecule has 0 aliphatic carbocycles. The van der Waals surface area contributed by atoms with Gasteiger partial charge in [0, 0.05) is 30.4 Å². The first-order valence-corrected chi connectivity index (χ1v) is 15.6. The Hall–Kier alpha value is -3.59. The molecule has 4 aromatic rings. The molecule has 2 aliphatic rings. The molecule has 0 N–H and O–H groups in total. The highest BCUT2D eigenvalue weighted by Crippen LogP contribution is 2.27. The number of ether oxygens (including phenoxy) is 2. The number of rotatable bonds is 9. The van der Waals surface area contributed by atoms with Gasteiger partial charge in [0.25, 0.3) is 0 Å². The molecule has 1 atom stereocenters. The molecule has 230 valence electrons. The first kappa shape index (κ1) is 30.4. The number of hydrogen-bond donors (Lipinski definition) is 0. The van der Waals surface area contributed by atoms with E-state index >= 15 is 0 Å². The van der Waals surface area contributed by atoms with Crippen LogP contribution in [0.25, 0.3) is 16.6 Å². The summed E-state index contributed by atoms with van der Waals surface area (Å²) in [4.78, 5) is 25.1. The summed E-state index contributed by atoms with van der Waals surface area (Å²) in [6.07, 6.45) is 5.51. The van der Waals surface area contributed by atoms with E-state index in [1.807, 2.05) is 51.1 Å². The largest absolute Gasteiger partial charge is 0.456 e. The predicted molar refractivity (Wildman–Crippen MR) is 170 cm³/mol. The van der Waals surface area contributed by atoms with Gasteiger partial charge in [-0.25, -0.2) is 14.2 Å². The van der Waals surface area contributed by atoms with Crippen LogP contribution in [0.3, 0.4) is 0 Å². The molecule has 9 heteroatoms. The minimum absolute atomic E-state index is 0.152. The number of aromatic nitrogens is 3. The van der Waals surface area contributed by atoms with Crippen molar-refractivity contribution in [2.75, 3.05) is 19.7 Å². The molecular weight excluding hydrogens is 579 g/mol. The highest BCUT2D eigenvalue weighted by atomic mass is 35.5. The Morgan fingerprint density at radius 3 is 2.66 bits per heavy atom. The van der Waals surface area contributed by atoms with Crippen molar-refractivity contribution in [2.24, 2.45) is 0 Å². The molecule has 2 aromatic heterocycles. The van der Waals surface area contributed by atoms with Gasteiger partial charge in [0.05, 0.1) is 41.5 Å². The lowest BCUT2D eigenvalue weighted by molar-refractivity contribution is -0.0591. The van der Waals surface area contributed by atoms with Crippen LogP contribution in [0.1, 0.15) is 66.7 Å². The van der Waals surface area contributed by atoms with Crippen LogP contribution in [0.2, 0.25) is 5.02 Å². The number of pyridine rings is 1. The fourth-order valence-electron chi connectivity index (χ4n) is 5.67. The van der Waals surface area contributed by atoms with Gasteiger partial charge in [-0.2, -0.15) is 0 Å². The molecule has 6 rings (SSSR count). The highest BCUT2D eigenvalue weighted by molar-refractivity contribution is 6.30. The maximum absolute atomic E-state index is 14.2. The van der Waals surface area contributed by atoms with Gasteiger partial charge in [0.2, 0.25) is 0 Å². The quantitative estimate of drug-likeness (QED) is 0.188. The molecular formula is C35H38ClFN4O3. The summed E-state index contributed by atoms with van der Waals surface area (Å²) >= 11 is 5.90. The number of esters is 1. The third kappa shape index (κ3) is 7.20. The molecule has 0 saturated carbocycles. The van der Waals surface area contributed by atoms with Crippen LogP contribution in [-0.4, -0.2) is 56.8 Å². The lowest BCUT2D eigenvalue weighted by Crippen LogP contribution is -2.33. The zero-order chi connectivity index (χ0) is 30.8. The van der Waals surface area contributed by atoms with Crippen molar-refractivity contribution in [3.8, 4) is 0 Å². The molecule has 1 saturated heterocycles. The predicted octanol–water partition coefficient (Wildman–Crippen LogP) is 7.04. The molecule has 0 unspecified atom stereocenters. The van der Waals surface area contributed by atoms with E-state index in [9.17, 15) is 9.18 Å². The van der Waals surface area contributed by atoms with Gasteiger partial charge in [-0.15, -0.1) is 0 Å². The molecule has 0 radical (unpaired) electrons. The van der Waals surface area contributed by atoms with E-state index in [1.165, 1.54) is 11.6 Å². The van der Waals surface area contributed by atoms with Gasteiger partial charge >= 0.3 is 5.97 Å². The summed E-state index contributed by atoms with van der Waals surface area (Å²) in [6, 6.07) is 16.5. The molecule has 0 spiro atoms. The van der Waals surface area contributed by atoms with Crippen LogP contribution in [0.5, 0.6) is 0 Å². The summed E-state index contributed by atoms with van der Waals surface area (Å²) in [5.74, 6) is 0.348. The standard InChI is InChI=1S/C35H38ClFN4O3/c1-35(2,3)44-34(42)25-9-12-31-32(19-25)41(21-28-15-18-43-28)33(39-31)22-40-16-13-24(14-17-40)30-6-4-5-27(38-30)11-8-23-7-10-26(36)20-29(23)37/h4-7,9-10,12-13,19-20,28H,8,11,14-18,21-22H2,1-3H3/t28-/m0/s1. The molecule has 0 amide bonds. The van der Waals surface area contributed by atoms with Gasteiger partial charge in [0.1, 0.15) is 17.2 Å². The first-order valence-electron chi connectivity index (χ1n) is 15.3. The van der Waals surface area contributed by atoms with Gasteiger partial charge in [-0.3, -0.25) is 9.88 Å². The van der Waals surface area contributed by atoms with E-state index in [0.29, 0.717) is 42.1 Å². The van der Waals surface area contributed by atoms with Gasteiger partial charge in [0.15, 0.2) is 0 Å². The van der Waals surface area contributed by atoms with Crippen molar-refractivity contribution >= 4 is 34.2 Å². The number of carbonyl (C=O) groups is 1. The highest BCUT2D eigenvalue weighted by Gasteiger charge is 2.25. The molecule has 2 aromatic carbocycles. The van der Waals surface area contributed by atoms with Gasteiger partial charge in [-0.1, -0.05) is 29.8 Å². The van der Waals surface area contributed by atoms with Gasteiger partial charge < -0.3 is 14.0 Å². The Kier molecular flexibility index (Phi) is 8.85. The smallest absolute Gasteiger partial charge is 0.338 e. The molecule has 4 heterocycles. The van der Waals surface area contributed by atoms with Crippen LogP contribution >= 0.6 is 11.6 Å². The Bertz CT molecular complexity index is 1710. The number of hydrogen-bond acceptors (Lipinski definition) is 6. The normalized spacial score (nSPS) is 17.4. The zero-order valence-electron chi connectivity index (χ0n) is 25.5. The number of nitrogens with zero attached hydrogens (tertiary/aromatic N) is 4. The average Bonchev–Trinajstić information content (AvgIpc) is 3.30. The van der Waals surface area contributed by atoms with E-state index in [4.69, 9.17) is 31.0 Å². The van der Waals surface area contributed by atoms with Crippen LogP contribution in [0, 0.1) is 5.82 Å². The van der Waals surface area contributed by atoms with Gasteiger partial charge in [-0.05, 0) is 100 Å². The summed E-state index contributed by atoms with van der Waals surface area (Å²) in [5, 5.41) is 0.404. The van der Waals surface area contributed by atoms with Crippen molar-refractivity contribution in [3.05, 3.63) is 99.9 Å². The fraction of sp³-hybridized carbons (Fsp3) is 0.400. The van der Waals surface area contributed by atoms with E-state index in [2.05, 4.69) is 15.5 Å². The van der Waals surface area contributed by atoms with Crippen molar-refractivity contribution in [2.45, 2.75) is 71.2 Å². The van der Waals surface area contributed by atoms with Crippen LogP contribution in [-0.2, 0) is 35.4 Å². The zero-order valence-corrected chi connectivity index (χ0v) is 26.2. The Morgan fingerprint density at radius 1 is 1.11 bits per heavy atom. The number of aryl methyl sites for hydroxylation is 2. The minimum Gasteiger partial charge on any atom is -0.456 e. The topological polar surface area (TPSA) is 69.5 Å². The van der Waals surface area contributed by atoms with Crippen LogP contribution in [0.4, 0.5) is 4.39 Å². The molecule has 2 aliphatic heterocycles.